The van der Waals surface area contributed by atoms with Crippen molar-refractivity contribution in [3.63, 3.8) is 0 Å². The molecule has 13 heavy (non-hydrogen) atoms. The lowest BCUT2D eigenvalue weighted by Crippen LogP contribution is -2.31. The van der Waals surface area contributed by atoms with E-state index in [2.05, 4.69) is 10.3 Å². The van der Waals surface area contributed by atoms with Gasteiger partial charge >= 0.3 is 0 Å². The molecule has 0 radical (unpaired) electrons. The summed E-state index contributed by atoms with van der Waals surface area (Å²) in [6.45, 7) is 3.85. The van der Waals surface area contributed by atoms with Gasteiger partial charge in [-0.15, -0.1) is 11.3 Å². The van der Waals surface area contributed by atoms with Crippen LogP contribution < -0.4 is 5.32 Å². The Morgan fingerprint density at radius 3 is 2.92 bits per heavy atom. The predicted molar refractivity (Wildman–Crippen MR) is 54.1 cm³/mol. The molecule has 0 fully saturated rings. The third-order valence-electron chi connectivity index (χ3n) is 1.32. The Morgan fingerprint density at radius 2 is 2.46 bits per heavy atom. The van der Waals surface area contributed by atoms with E-state index < -0.39 is 0 Å². The average molecular weight is 219 g/mol. The SMILES string of the molecule is CC(C)NC(=O)Cc1csc(Cl)n1. The molecule has 1 amide bonds. The highest BCUT2D eigenvalue weighted by Gasteiger charge is 2.07. The second-order valence-corrected chi connectivity index (χ2v) is 4.43. The van der Waals surface area contributed by atoms with Gasteiger partial charge in [-0.05, 0) is 13.8 Å². The number of amides is 1. The maximum absolute atomic E-state index is 11.2. The second kappa shape index (κ2) is 4.58. The highest BCUT2D eigenvalue weighted by Crippen LogP contribution is 2.15. The molecule has 72 valence electrons. The topological polar surface area (TPSA) is 42.0 Å². The highest BCUT2D eigenvalue weighted by atomic mass is 35.5. The molecule has 0 aromatic carbocycles. The first-order valence-corrected chi connectivity index (χ1v) is 5.23. The molecule has 1 rings (SSSR count). The number of halogens is 1. The van der Waals surface area contributed by atoms with Crippen molar-refractivity contribution in [2.45, 2.75) is 26.3 Å². The van der Waals surface area contributed by atoms with Gasteiger partial charge in [0.25, 0.3) is 0 Å². The number of carbonyl (C=O) groups is 1. The van der Waals surface area contributed by atoms with Crippen molar-refractivity contribution >= 4 is 28.8 Å². The zero-order valence-electron chi connectivity index (χ0n) is 7.50. The Kier molecular flexibility index (Phi) is 3.69. The van der Waals surface area contributed by atoms with Gasteiger partial charge in [0.1, 0.15) is 0 Å². The molecule has 0 aliphatic rings. The van der Waals surface area contributed by atoms with E-state index in [1.807, 2.05) is 13.8 Å². The van der Waals surface area contributed by atoms with Crippen molar-refractivity contribution < 1.29 is 4.79 Å². The van der Waals surface area contributed by atoms with Crippen LogP contribution in [0, 0.1) is 0 Å². The first-order chi connectivity index (χ1) is 6.08. The van der Waals surface area contributed by atoms with E-state index in [1.54, 1.807) is 5.38 Å². The van der Waals surface area contributed by atoms with E-state index in [-0.39, 0.29) is 11.9 Å². The summed E-state index contributed by atoms with van der Waals surface area (Å²) in [5.74, 6) is -0.0167. The lowest BCUT2D eigenvalue weighted by atomic mass is 10.3. The van der Waals surface area contributed by atoms with Crippen molar-refractivity contribution in [3.8, 4) is 0 Å². The number of nitrogens with zero attached hydrogens (tertiary/aromatic N) is 1. The fourth-order valence-corrected chi connectivity index (χ4v) is 1.68. The van der Waals surface area contributed by atoms with Crippen LogP contribution in [-0.2, 0) is 11.2 Å². The quantitative estimate of drug-likeness (QED) is 0.842. The molecule has 3 nitrogen and oxygen atoms in total. The lowest BCUT2D eigenvalue weighted by Gasteiger charge is -2.06. The van der Waals surface area contributed by atoms with Crippen LogP contribution in [0.15, 0.2) is 5.38 Å². The largest absolute Gasteiger partial charge is 0.354 e. The number of nitrogens with one attached hydrogen (secondary N) is 1. The van der Waals surface area contributed by atoms with Crippen LogP contribution in [0.2, 0.25) is 4.47 Å². The molecule has 0 aliphatic carbocycles. The molecule has 0 unspecified atom stereocenters. The number of aromatic nitrogens is 1. The Bertz CT molecular complexity index is 298. The van der Waals surface area contributed by atoms with Gasteiger partial charge in [0.2, 0.25) is 5.91 Å². The zero-order chi connectivity index (χ0) is 9.84. The van der Waals surface area contributed by atoms with Crippen LogP contribution in [0.1, 0.15) is 19.5 Å². The summed E-state index contributed by atoms with van der Waals surface area (Å²) in [7, 11) is 0. The molecule has 1 heterocycles. The van der Waals surface area contributed by atoms with Crippen LogP contribution in [0.4, 0.5) is 0 Å². The molecule has 0 saturated carbocycles. The Morgan fingerprint density at radius 1 is 1.77 bits per heavy atom. The van der Waals surface area contributed by atoms with E-state index >= 15 is 0 Å². The summed E-state index contributed by atoms with van der Waals surface area (Å²) >= 11 is 6.96. The summed E-state index contributed by atoms with van der Waals surface area (Å²) in [4.78, 5) is 15.2. The van der Waals surface area contributed by atoms with Gasteiger partial charge in [0.05, 0.1) is 12.1 Å². The molecule has 0 spiro atoms. The number of carbonyl (C=O) groups excluding carboxylic acids is 1. The fraction of sp³-hybridized carbons (Fsp3) is 0.500. The number of thiazole rings is 1. The van der Waals surface area contributed by atoms with Gasteiger partial charge in [-0.25, -0.2) is 4.98 Å². The molecular formula is C8H11ClN2OS. The van der Waals surface area contributed by atoms with Crippen molar-refractivity contribution in [1.29, 1.82) is 0 Å². The van der Waals surface area contributed by atoms with Gasteiger partial charge in [0, 0.05) is 11.4 Å². The molecule has 0 saturated heterocycles. The predicted octanol–water partition coefficient (Wildman–Crippen LogP) is 1.86. The van der Waals surface area contributed by atoms with Gasteiger partial charge in [-0.1, -0.05) is 11.6 Å². The Labute approximate surface area is 86.1 Å². The van der Waals surface area contributed by atoms with Gasteiger partial charge in [-0.2, -0.15) is 0 Å². The fourth-order valence-electron chi connectivity index (χ4n) is 0.901. The van der Waals surface area contributed by atoms with Gasteiger partial charge in [-0.3, -0.25) is 4.79 Å². The maximum Gasteiger partial charge on any atom is 0.226 e. The molecular weight excluding hydrogens is 208 g/mol. The first-order valence-electron chi connectivity index (χ1n) is 3.97. The third kappa shape index (κ3) is 3.74. The lowest BCUT2D eigenvalue weighted by molar-refractivity contribution is -0.120. The van der Waals surface area contributed by atoms with Gasteiger partial charge < -0.3 is 5.32 Å². The van der Waals surface area contributed by atoms with Crippen LogP contribution in [0.5, 0.6) is 0 Å². The van der Waals surface area contributed by atoms with Crippen LogP contribution >= 0.6 is 22.9 Å². The van der Waals surface area contributed by atoms with Gasteiger partial charge in [0.15, 0.2) is 4.47 Å². The Hall–Kier alpha value is -0.610. The molecule has 0 aliphatic heterocycles. The number of hydrogen-bond acceptors (Lipinski definition) is 3. The third-order valence-corrected chi connectivity index (χ3v) is 2.34. The molecule has 1 aromatic heterocycles. The van der Waals surface area contributed by atoms with E-state index in [1.165, 1.54) is 11.3 Å². The molecule has 5 heteroatoms. The van der Waals surface area contributed by atoms with E-state index in [4.69, 9.17) is 11.6 Å². The molecule has 1 aromatic rings. The van der Waals surface area contributed by atoms with Crippen molar-refractivity contribution in [2.75, 3.05) is 0 Å². The zero-order valence-corrected chi connectivity index (χ0v) is 9.08. The monoisotopic (exact) mass is 218 g/mol. The molecule has 0 atom stereocenters. The molecule has 1 N–H and O–H groups in total. The first kappa shape index (κ1) is 10.5. The van der Waals surface area contributed by atoms with E-state index in [0.29, 0.717) is 10.9 Å². The minimum atomic E-state index is -0.0167. The number of hydrogen-bond donors (Lipinski definition) is 1. The standard InChI is InChI=1S/C8H11ClN2OS/c1-5(2)10-7(12)3-6-4-13-8(9)11-6/h4-5H,3H2,1-2H3,(H,10,12). The average Bonchev–Trinajstić information content (AvgIpc) is 2.33. The van der Waals surface area contributed by atoms with E-state index in [0.717, 1.165) is 5.69 Å². The van der Waals surface area contributed by atoms with Crippen molar-refractivity contribution in [3.05, 3.63) is 15.5 Å². The van der Waals surface area contributed by atoms with E-state index in [9.17, 15) is 4.79 Å². The summed E-state index contributed by atoms with van der Waals surface area (Å²) in [6.07, 6.45) is 0.307. The second-order valence-electron chi connectivity index (χ2n) is 2.99. The van der Waals surface area contributed by atoms with Crippen molar-refractivity contribution in [2.24, 2.45) is 0 Å². The van der Waals surface area contributed by atoms with Crippen LogP contribution in [0.3, 0.4) is 0 Å². The summed E-state index contributed by atoms with van der Waals surface area (Å²) in [6, 6.07) is 0.168. The summed E-state index contributed by atoms with van der Waals surface area (Å²) in [5.41, 5.74) is 0.730. The summed E-state index contributed by atoms with van der Waals surface area (Å²) in [5, 5.41) is 4.58. The smallest absolute Gasteiger partial charge is 0.226 e. The highest BCUT2D eigenvalue weighted by molar-refractivity contribution is 7.13. The molecule has 0 bridgehead atoms. The minimum Gasteiger partial charge on any atom is -0.354 e. The number of rotatable bonds is 3. The van der Waals surface area contributed by atoms with Crippen LogP contribution in [-0.4, -0.2) is 16.9 Å². The summed E-state index contributed by atoms with van der Waals surface area (Å²) < 4.78 is 0.479. The minimum absolute atomic E-state index is 0.0167. The Balaban J connectivity index is 2.45. The van der Waals surface area contributed by atoms with Crippen LogP contribution in [0.25, 0.3) is 0 Å². The maximum atomic E-state index is 11.2. The normalized spacial score (nSPS) is 10.5. The van der Waals surface area contributed by atoms with Crippen molar-refractivity contribution in [1.82, 2.24) is 10.3 Å².